The van der Waals surface area contributed by atoms with E-state index in [9.17, 15) is 18.0 Å². The van der Waals surface area contributed by atoms with Crippen LogP contribution in [0.15, 0.2) is 29.2 Å². The molecule has 3 nitrogen and oxygen atoms in total. The molecule has 0 bridgehead atoms. The van der Waals surface area contributed by atoms with Gasteiger partial charge < -0.3 is 4.90 Å². The van der Waals surface area contributed by atoms with Gasteiger partial charge >= 0.3 is 12.1 Å². The Bertz CT molecular complexity index is 581. The van der Waals surface area contributed by atoms with Crippen molar-refractivity contribution in [1.82, 2.24) is 9.80 Å². The lowest BCUT2D eigenvalue weighted by Crippen LogP contribution is -2.54. The molecule has 1 aromatic carbocycles. The number of piperazine rings is 1. The molecule has 0 radical (unpaired) electrons. The Labute approximate surface area is 141 Å². The minimum atomic E-state index is -4.78. The molecular weight excluding hydrogens is 349 g/mol. The van der Waals surface area contributed by atoms with E-state index in [1.54, 1.807) is 0 Å². The Morgan fingerprint density at radius 2 is 1.65 bits per heavy atom. The zero-order valence-corrected chi connectivity index (χ0v) is 13.8. The average molecular weight is 365 g/mol. The van der Waals surface area contributed by atoms with Crippen LogP contribution < -0.4 is 0 Å². The number of carbonyl (C=O) groups is 1. The van der Waals surface area contributed by atoms with Gasteiger partial charge in [-0.1, -0.05) is 12.1 Å². The van der Waals surface area contributed by atoms with Gasteiger partial charge in [0, 0.05) is 36.6 Å². The van der Waals surface area contributed by atoms with E-state index in [-0.39, 0.29) is 18.6 Å². The van der Waals surface area contributed by atoms with Crippen molar-refractivity contribution in [2.45, 2.75) is 29.5 Å². The summed E-state index contributed by atoms with van der Waals surface area (Å²) in [6, 6.07) is 7.98. The van der Waals surface area contributed by atoms with E-state index in [4.69, 9.17) is 10.7 Å². The highest BCUT2D eigenvalue weighted by Crippen LogP contribution is 2.51. The molecule has 1 amide bonds. The Morgan fingerprint density at radius 1 is 1.09 bits per heavy atom. The molecule has 1 saturated heterocycles. The fraction of sp³-hybridized carbons (Fsp3) is 0.533. The van der Waals surface area contributed by atoms with Crippen LogP contribution in [0.5, 0.6) is 0 Å². The van der Waals surface area contributed by atoms with Crippen molar-refractivity contribution in [3.63, 3.8) is 0 Å². The summed E-state index contributed by atoms with van der Waals surface area (Å²) in [5.74, 6) is -1.73. The topological polar surface area (TPSA) is 23.6 Å². The molecule has 1 aliphatic heterocycles. The highest BCUT2D eigenvalue weighted by Gasteiger charge is 2.51. The van der Waals surface area contributed by atoms with E-state index in [1.807, 2.05) is 24.3 Å². The molecule has 2 fully saturated rings. The molecule has 1 aliphatic carbocycles. The van der Waals surface area contributed by atoms with E-state index in [2.05, 4.69) is 4.90 Å². The number of hydrogen-bond acceptors (Lipinski definition) is 3. The van der Waals surface area contributed by atoms with Gasteiger partial charge in [0.15, 0.2) is 0 Å². The first-order valence-electron chi connectivity index (χ1n) is 7.37. The first-order chi connectivity index (χ1) is 10.9. The second-order valence-electron chi connectivity index (χ2n) is 5.91. The number of benzene rings is 1. The van der Waals surface area contributed by atoms with Crippen molar-refractivity contribution in [2.24, 2.45) is 0 Å². The SMILES string of the molecule is O=C(N1CCN(C2(c3ccc(SCl)cc3)CC2)CC1)C(F)(F)F. The van der Waals surface area contributed by atoms with Crippen LogP contribution in [-0.2, 0) is 10.3 Å². The summed E-state index contributed by atoms with van der Waals surface area (Å²) in [6.07, 6.45) is -2.80. The summed E-state index contributed by atoms with van der Waals surface area (Å²) < 4.78 is 37.5. The fourth-order valence-corrected chi connectivity index (χ4v) is 3.79. The van der Waals surface area contributed by atoms with Crippen molar-refractivity contribution in [3.8, 4) is 0 Å². The van der Waals surface area contributed by atoms with Gasteiger partial charge in [-0.2, -0.15) is 13.2 Å². The minimum Gasteiger partial charge on any atom is -0.332 e. The van der Waals surface area contributed by atoms with Crippen molar-refractivity contribution < 1.29 is 18.0 Å². The second-order valence-corrected chi connectivity index (χ2v) is 7.00. The zero-order chi connectivity index (χ0) is 16.7. The summed E-state index contributed by atoms with van der Waals surface area (Å²) >= 11 is 0. The lowest BCUT2D eigenvalue weighted by Gasteiger charge is -2.40. The first-order valence-corrected chi connectivity index (χ1v) is 9.01. The summed E-state index contributed by atoms with van der Waals surface area (Å²) in [7, 11) is 6.88. The van der Waals surface area contributed by atoms with E-state index in [0.29, 0.717) is 13.1 Å². The smallest absolute Gasteiger partial charge is 0.332 e. The third-order valence-electron chi connectivity index (χ3n) is 4.62. The first kappa shape index (κ1) is 16.9. The van der Waals surface area contributed by atoms with E-state index >= 15 is 0 Å². The molecule has 0 aromatic heterocycles. The van der Waals surface area contributed by atoms with Crippen LogP contribution in [0.2, 0.25) is 0 Å². The summed E-state index contributed by atoms with van der Waals surface area (Å²) in [5.41, 5.74) is 1.09. The van der Waals surface area contributed by atoms with Crippen molar-refractivity contribution in [1.29, 1.82) is 0 Å². The highest BCUT2D eigenvalue weighted by molar-refractivity contribution is 8.21. The summed E-state index contributed by atoms with van der Waals surface area (Å²) in [5, 5.41) is 0. The Morgan fingerprint density at radius 3 is 2.09 bits per heavy atom. The molecule has 126 valence electrons. The largest absolute Gasteiger partial charge is 0.471 e. The molecule has 1 heterocycles. The van der Waals surface area contributed by atoms with Gasteiger partial charge in [0.1, 0.15) is 0 Å². The number of alkyl halides is 3. The van der Waals surface area contributed by atoms with Crippen molar-refractivity contribution >= 4 is 27.6 Å². The predicted octanol–water partition coefficient (Wildman–Crippen LogP) is 3.63. The van der Waals surface area contributed by atoms with Crippen LogP contribution in [0, 0.1) is 0 Å². The molecule has 23 heavy (non-hydrogen) atoms. The number of amides is 1. The number of rotatable bonds is 3. The molecular formula is C15H16ClF3N2OS. The minimum absolute atomic E-state index is 0.0805. The van der Waals surface area contributed by atoms with Gasteiger partial charge in [0.25, 0.3) is 0 Å². The van der Waals surface area contributed by atoms with Crippen LogP contribution in [0.3, 0.4) is 0 Å². The molecule has 0 unspecified atom stereocenters. The van der Waals surface area contributed by atoms with Crippen LogP contribution in [0.25, 0.3) is 0 Å². The third-order valence-corrected chi connectivity index (χ3v) is 5.60. The maximum absolute atomic E-state index is 12.5. The van der Waals surface area contributed by atoms with Gasteiger partial charge in [-0.05, 0) is 52.2 Å². The normalized spacial score (nSPS) is 21.3. The molecule has 0 atom stereocenters. The van der Waals surface area contributed by atoms with Crippen LogP contribution >= 0.6 is 21.7 Å². The van der Waals surface area contributed by atoms with Gasteiger partial charge in [0.05, 0.1) is 0 Å². The number of carbonyl (C=O) groups excluding carboxylic acids is 1. The zero-order valence-electron chi connectivity index (χ0n) is 12.3. The number of nitrogens with zero attached hydrogens (tertiary/aromatic N) is 2. The maximum atomic E-state index is 12.5. The standard InChI is InChI=1S/C15H16ClF3N2OS/c16-23-12-3-1-11(2-4-12)14(5-6-14)21-9-7-20(8-10-21)13(22)15(17,18)19/h1-4H,5-10H2. The highest BCUT2D eigenvalue weighted by atomic mass is 35.7. The summed E-state index contributed by atoms with van der Waals surface area (Å²) in [6.45, 7) is 1.17. The van der Waals surface area contributed by atoms with Crippen molar-refractivity contribution in [2.75, 3.05) is 26.2 Å². The molecule has 0 N–H and O–H groups in total. The third kappa shape index (κ3) is 3.32. The van der Waals surface area contributed by atoms with Crippen LogP contribution in [0.4, 0.5) is 13.2 Å². The molecule has 2 aliphatic rings. The fourth-order valence-electron chi connectivity index (χ4n) is 3.24. The molecule has 1 saturated carbocycles. The molecule has 3 rings (SSSR count). The molecule has 1 aromatic rings. The van der Waals surface area contributed by atoms with E-state index in [1.165, 1.54) is 5.56 Å². The quantitative estimate of drug-likeness (QED) is 0.818. The Balaban J connectivity index is 1.66. The second kappa shape index (κ2) is 6.18. The maximum Gasteiger partial charge on any atom is 0.471 e. The molecule has 0 spiro atoms. The van der Waals surface area contributed by atoms with Crippen LogP contribution in [0.1, 0.15) is 18.4 Å². The molecule has 8 heteroatoms. The van der Waals surface area contributed by atoms with Crippen molar-refractivity contribution in [3.05, 3.63) is 29.8 Å². The lowest BCUT2D eigenvalue weighted by atomic mass is 10.0. The summed E-state index contributed by atoms with van der Waals surface area (Å²) in [4.78, 5) is 15.4. The Hall–Kier alpha value is -0.920. The average Bonchev–Trinajstić information content (AvgIpc) is 3.35. The monoisotopic (exact) mass is 364 g/mol. The number of hydrogen-bond donors (Lipinski definition) is 0. The van der Waals surface area contributed by atoms with E-state index < -0.39 is 12.1 Å². The van der Waals surface area contributed by atoms with Gasteiger partial charge in [0.2, 0.25) is 0 Å². The Kier molecular flexibility index (Phi) is 4.55. The van der Waals surface area contributed by atoms with E-state index in [0.717, 1.165) is 33.6 Å². The lowest BCUT2D eigenvalue weighted by molar-refractivity contribution is -0.187. The van der Waals surface area contributed by atoms with Gasteiger partial charge in [-0.25, -0.2) is 0 Å². The van der Waals surface area contributed by atoms with Gasteiger partial charge in [-0.15, -0.1) is 0 Å². The number of halogens is 4. The predicted molar refractivity (Wildman–Crippen MR) is 83.3 cm³/mol. The van der Waals surface area contributed by atoms with Crippen LogP contribution in [-0.4, -0.2) is 48.1 Å². The van der Waals surface area contributed by atoms with Gasteiger partial charge in [-0.3, -0.25) is 9.69 Å².